The van der Waals surface area contributed by atoms with Crippen molar-refractivity contribution < 1.29 is 4.79 Å². The number of fused-ring (bicyclic) bond motifs is 1. The molecule has 0 aromatic carbocycles. The van der Waals surface area contributed by atoms with Gasteiger partial charge in [0.15, 0.2) is 0 Å². The minimum absolute atomic E-state index is 0.0393. The first-order valence-corrected chi connectivity index (χ1v) is 4.11. The van der Waals surface area contributed by atoms with Crippen LogP contribution in [0, 0.1) is 17.8 Å². The van der Waals surface area contributed by atoms with E-state index < -0.39 is 0 Å². The van der Waals surface area contributed by atoms with Crippen molar-refractivity contribution in [2.45, 2.75) is 0 Å². The molecule has 2 aliphatic rings. The van der Waals surface area contributed by atoms with Crippen molar-refractivity contribution in [3.8, 4) is 0 Å². The van der Waals surface area contributed by atoms with Gasteiger partial charge >= 0.3 is 0 Å². The Morgan fingerprint density at radius 3 is 1.92 bits per heavy atom. The summed E-state index contributed by atoms with van der Waals surface area (Å²) in [5, 5.41) is 0. The molecular weight excluding hydrogens is 150 g/mol. The predicted octanol–water partition coefficient (Wildman–Crippen LogP) is 1.02. The van der Waals surface area contributed by atoms with Gasteiger partial charge in [-0.15, -0.1) is 0 Å². The lowest BCUT2D eigenvalue weighted by atomic mass is 10.2. The second-order valence-corrected chi connectivity index (χ2v) is 3.24. The molecule has 1 saturated carbocycles. The summed E-state index contributed by atoms with van der Waals surface area (Å²) in [6.45, 7) is 0. The smallest absolute Gasteiger partial charge is 0.221 e. The highest BCUT2D eigenvalue weighted by atomic mass is 16.1. The summed E-state index contributed by atoms with van der Waals surface area (Å²) in [5.41, 5.74) is 5.23. The first-order chi connectivity index (χ1) is 5.80. The van der Waals surface area contributed by atoms with Gasteiger partial charge in [-0.2, -0.15) is 0 Å². The Labute approximate surface area is 71.4 Å². The Balaban J connectivity index is 2.17. The molecular formula is C10H11NO. The number of nitrogens with two attached hydrogens (primary N) is 1. The van der Waals surface area contributed by atoms with Crippen LogP contribution in [-0.4, -0.2) is 5.91 Å². The summed E-state index contributed by atoms with van der Waals surface area (Å²) >= 11 is 0. The number of carbonyl (C=O) groups is 1. The number of primary amides is 1. The second kappa shape index (κ2) is 2.63. The van der Waals surface area contributed by atoms with Crippen molar-refractivity contribution in [3.05, 3.63) is 36.5 Å². The Morgan fingerprint density at radius 2 is 1.50 bits per heavy atom. The topological polar surface area (TPSA) is 43.1 Å². The lowest BCUT2D eigenvalue weighted by molar-refractivity contribution is -0.119. The first-order valence-electron chi connectivity index (χ1n) is 4.11. The van der Waals surface area contributed by atoms with Gasteiger partial charge in [-0.1, -0.05) is 36.5 Å². The van der Waals surface area contributed by atoms with Crippen LogP contribution in [-0.2, 0) is 4.79 Å². The molecule has 2 heteroatoms. The zero-order valence-corrected chi connectivity index (χ0v) is 6.68. The second-order valence-electron chi connectivity index (χ2n) is 3.24. The molecule has 0 aromatic heterocycles. The van der Waals surface area contributed by atoms with Gasteiger partial charge in [0.2, 0.25) is 5.91 Å². The lowest BCUT2D eigenvalue weighted by Crippen LogP contribution is -2.14. The third kappa shape index (κ3) is 1.09. The molecule has 1 fully saturated rings. The molecule has 0 bridgehead atoms. The number of allylic oxidation sites excluding steroid dienone is 6. The van der Waals surface area contributed by atoms with Gasteiger partial charge in [-0.3, -0.25) is 4.79 Å². The van der Waals surface area contributed by atoms with E-state index in [4.69, 9.17) is 5.73 Å². The Bertz CT molecular complexity index is 266. The summed E-state index contributed by atoms with van der Waals surface area (Å²) in [7, 11) is 0. The molecule has 0 radical (unpaired) electrons. The van der Waals surface area contributed by atoms with Gasteiger partial charge in [0.1, 0.15) is 0 Å². The molecule has 0 saturated heterocycles. The van der Waals surface area contributed by atoms with Gasteiger partial charge in [-0.25, -0.2) is 0 Å². The van der Waals surface area contributed by atoms with E-state index in [2.05, 4.69) is 12.2 Å². The molecule has 2 rings (SSSR count). The molecule has 2 nitrogen and oxygen atoms in total. The van der Waals surface area contributed by atoms with Crippen LogP contribution in [0.25, 0.3) is 0 Å². The standard InChI is InChI=1S/C10H11NO/c11-10(12)9-7-5-3-1-2-4-6-8(7)9/h1-9H,(H2,11,12)/b2-1-,5-3+,6-4+. The summed E-state index contributed by atoms with van der Waals surface area (Å²) in [6, 6.07) is 0. The maximum atomic E-state index is 10.9. The van der Waals surface area contributed by atoms with Gasteiger partial charge < -0.3 is 5.73 Å². The Hall–Kier alpha value is -1.31. The highest BCUT2D eigenvalue weighted by molar-refractivity contribution is 5.81. The number of rotatable bonds is 1. The van der Waals surface area contributed by atoms with Crippen molar-refractivity contribution in [2.24, 2.45) is 23.5 Å². The SMILES string of the molecule is NC(=O)C1C2/C=C/C=C\C=C\C21. The van der Waals surface area contributed by atoms with E-state index in [1.54, 1.807) is 0 Å². The van der Waals surface area contributed by atoms with Crippen molar-refractivity contribution in [2.75, 3.05) is 0 Å². The average Bonchev–Trinajstić information content (AvgIpc) is 2.60. The highest BCUT2D eigenvalue weighted by Crippen LogP contribution is 2.48. The third-order valence-electron chi connectivity index (χ3n) is 2.46. The quantitative estimate of drug-likeness (QED) is 0.613. The van der Waals surface area contributed by atoms with Crippen LogP contribution in [0.4, 0.5) is 0 Å². The van der Waals surface area contributed by atoms with E-state index in [-0.39, 0.29) is 11.8 Å². The van der Waals surface area contributed by atoms with Gasteiger partial charge in [0.25, 0.3) is 0 Å². The Morgan fingerprint density at radius 1 is 1.00 bits per heavy atom. The van der Waals surface area contributed by atoms with E-state index in [1.807, 2.05) is 24.3 Å². The zero-order valence-electron chi connectivity index (χ0n) is 6.68. The summed E-state index contributed by atoms with van der Waals surface area (Å²) < 4.78 is 0. The average molecular weight is 161 g/mol. The molecule has 2 atom stereocenters. The summed E-state index contributed by atoms with van der Waals surface area (Å²) in [5.74, 6) is 0.561. The fourth-order valence-corrected chi connectivity index (χ4v) is 1.75. The van der Waals surface area contributed by atoms with Crippen molar-refractivity contribution >= 4 is 5.91 Å². The normalized spacial score (nSPS) is 44.8. The zero-order chi connectivity index (χ0) is 8.55. The van der Waals surface area contributed by atoms with Crippen LogP contribution >= 0.6 is 0 Å². The van der Waals surface area contributed by atoms with E-state index in [1.165, 1.54) is 0 Å². The molecule has 2 unspecified atom stereocenters. The molecule has 0 spiro atoms. The molecule has 2 aliphatic carbocycles. The minimum atomic E-state index is -0.179. The number of hydrogen-bond acceptors (Lipinski definition) is 1. The molecule has 0 heterocycles. The number of hydrogen-bond donors (Lipinski definition) is 1. The van der Waals surface area contributed by atoms with Crippen LogP contribution < -0.4 is 5.73 Å². The molecule has 2 N–H and O–H groups in total. The van der Waals surface area contributed by atoms with E-state index in [0.29, 0.717) is 11.8 Å². The highest BCUT2D eigenvalue weighted by Gasteiger charge is 2.50. The molecule has 0 aliphatic heterocycles. The van der Waals surface area contributed by atoms with Crippen LogP contribution in [0.5, 0.6) is 0 Å². The van der Waals surface area contributed by atoms with Gasteiger partial charge in [0.05, 0.1) is 5.92 Å². The maximum Gasteiger partial charge on any atom is 0.221 e. The van der Waals surface area contributed by atoms with Crippen molar-refractivity contribution in [1.82, 2.24) is 0 Å². The van der Waals surface area contributed by atoms with Crippen LogP contribution in [0.3, 0.4) is 0 Å². The van der Waals surface area contributed by atoms with Crippen LogP contribution in [0.1, 0.15) is 0 Å². The first kappa shape index (κ1) is 7.35. The maximum absolute atomic E-state index is 10.9. The number of amides is 1. The lowest BCUT2D eigenvalue weighted by Gasteiger charge is -1.85. The van der Waals surface area contributed by atoms with E-state index in [9.17, 15) is 4.79 Å². The van der Waals surface area contributed by atoms with E-state index in [0.717, 1.165) is 0 Å². The fraction of sp³-hybridized carbons (Fsp3) is 0.300. The molecule has 62 valence electrons. The van der Waals surface area contributed by atoms with Crippen molar-refractivity contribution in [3.63, 3.8) is 0 Å². The van der Waals surface area contributed by atoms with Gasteiger partial charge in [0, 0.05) is 0 Å². The Kier molecular flexibility index (Phi) is 1.61. The van der Waals surface area contributed by atoms with E-state index >= 15 is 0 Å². The minimum Gasteiger partial charge on any atom is -0.369 e. The van der Waals surface area contributed by atoms with Crippen LogP contribution in [0.15, 0.2) is 36.5 Å². The van der Waals surface area contributed by atoms with Crippen molar-refractivity contribution in [1.29, 1.82) is 0 Å². The largest absolute Gasteiger partial charge is 0.369 e. The molecule has 1 amide bonds. The fourth-order valence-electron chi connectivity index (χ4n) is 1.75. The van der Waals surface area contributed by atoms with Gasteiger partial charge in [-0.05, 0) is 11.8 Å². The summed E-state index contributed by atoms with van der Waals surface area (Å²) in [4.78, 5) is 10.9. The third-order valence-corrected chi connectivity index (χ3v) is 2.46. The molecule has 12 heavy (non-hydrogen) atoms. The predicted molar refractivity (Wildman–Crippen MR) is 47.1 cm³/mol. The molecule has 0 aromatic rings. The monoisotopic (exact) mass is 161 g/mol. The number of carbonyl (C=O) groups excluding carboxylic acids is 1. The summed E-state index contributed by atoms with van der Waals surface area (Å²) in [6.07, 6.45) is 12.0. The van der Waals surface area contributed by atoms with Crippen LogP contribution in [0.2, 0.25) is 0 Å².